The average Bonchev–Trinajstić information content (AvgIpc) is 2.06. The molecule has 0 saturated heterocycles. The van der Waals surface area contributed by atoms with E-state index in [1.54, 1.807) is 0 Å². The maximum Gasteiger partial charge on any atom is 0.125 e. The highest BCUT2D eigenvalue weighted by Gasteiger charge is 2.30. The minimum Gasteiger partial charge on any atom is -0.378 e. The third kappa shape index (κ3) is 1.97. The van der Waals surface area contributed by atoms with E-state index in [0.29, 0.717) is 0 Å². The van der Waals surface area contributed by atoms with Crippen LogP contribution in [0.25, 0.3) is 0 Å². The maximum atomic E-state index is 9.66. The third-order valence-corrected chi connectivity index (χ3v) is 2.78. The molecule has 0 radical (unpaired) electrons. The van der Waals surface area contributed by atoms with Crippen molar-refractivity contribution in [1.29, 1.82) is 0 Å². The number of terminal acetylenes is 1. The maximum absolute atomic E-state index is 9.66. The first kappa shape index (κ1) is 8.62. The smallest absolute Gasteiger partial charge is 0.125 e. The van der Waals surface area contributed by atoms with E-state index in [-0.39, 0.29) is 0 Å². The Morgan fingerprint density at radius 3 is 2.45 bits per heavy atom. The zero-order valence-corrected chi connectivity index (χ0v) is 7.14. The predicted molar refractivity (Wildman–Crippen MR) is 46.0 cm³/mol. The van der Waals surface area contributed by atoms with Gasteiger partial charge in [-0.15, -0.1) is 6.42 Å². The Labute approximate surface area is 68.8 Å². The molecule has 0 atom stereocenters. The van der Waals surface area contributed by atoms with Gasteiger partial charge in [-0.1, -0.05) is 19.3 Å². The van der Waals surface area contributed by atoms with Gasteiger partial charge in [0.15, 0.2) is 0 Å². The van der Waals surface area contributed by atoms with Crippen LogP contribution in [-0.2, 0) is 0 Å². The molecule has 11 heavy (non-hydrogen) atoms. The van der Waals surface area contributed by atoms with Gasteiger partial charge in [-0.3, -0.25) is 0 Å². The van der Waals surface area contributed by atoms with Crippen molar-refractivity contribution in [2.24, 2.45) is 5.92 Å². The van der Waals surface area contributed by atoms with E-state index < -0.39 is 5.60 Å². The summed E-state index contributed by atoms with van der Waals surface area (Å²) >= 11 is 0. The first-order valence-electron chi connectivity index (χ1n) is 4.40. The van der Waals surface area contributed by atoms with Crippen molar-refractivity contribution in [1.82, 2.24) is 0 Å². The molecule has 0 aromatic carbocycles. The molecule has 0 aromatic heterocycles. The number of aliphatic hydroxyl groups is 1. The molecule has 1 nitrogen and oxygen atoms in total. The van der Waals surface area contributed by atoms with E-state index in [1.807, 2.05) is 0 Å². The first-order chi connectivity index (χ1) is 5.20. The van der Waals surface area contributed by atoms with Gasteiger partial charge in [-0.2, -0.15) is 0 Å². The molecule has 1 saturated carbocycles. The van der Waals surface area contributed by atoms with Gasteiger partial charge in [-0.05, 0) is 31.6 Å². The minimum absolute atomic E-state index is 0.772. The van der Waals surface area contributed by atoms with Crippen molar-refractivity contribution in [3.05, 3.63) is 0 Å². The molecule has 62 valence electrons. The van der Waals surface area contributed by atoms with Gasteiger partial charge in [0.25, 0.3) is 0 Å². The fourth-order valence-electron chi connectivity index (χ4n) is 1.71. The van der Waals surface area contributed by atoms with Gasteiger partial charge < -0.3 is 5.11 Å². The SMILES string of the molecule is C#CC1(O)CCC(CC)CC1. The summed E-state index contributed by atoms with van der Waals surface area (Å²) in [6.07, 6.45) is 10.2. The third-order valence-electron chi connectivity index (χ3n) is 2.78. The van der Waals surface area contributed by atoms with Gasteiger partial charge in [0.2, 0.25) is 0 Å². The van der Waals surface area contributed by atoms with Crippen LogP contribution >= 0.6 is 0 Å². The Bertz CT molecular complexity index is 158. The monoisotopic (exact) mass is 152 g/mol. The predicted octanol–water partition coefficient (Wildman–Crippen LogP) is 1.95. The van der Waals surface area contributed by atoms with Gasteiger partial charge in [0.05, 0.1) is 0 Å². The summed E-state index contributed by atoms with van der Waals surface area (Å²) < 4.78 is 0. The van der Waals surface area contributed by atoms with Crippen LogP contribution in [0.1, 0.15) is 39.0 Å². The Morgan fingerprint density at radius 2 is 2.09 bits per heavy atom. The van der Waals surface area contributed by atoms with Crippen molar-refractivity contribution in [3.8, 4) is 12.3 Å². The second-order valence-corrected chi connectivity index (χ2v) is 3.53. The molecule has 0 amide bonds. The standard InChI is InChI=1S/C10H16O/c1-3-9-5-7-10(11,4-2)8-6-9/h2,9,11H,3,5-8H2,1H3. The minimum atomic E-state index is -0.772. The normalized spacial score (nSPS) is 38.1. The fraction of sp³-hybridized carbons (Fsp3) is 0.800. The van der Waals surface area contributed by atoms with Crippen LogP contribution in [0.5, 0.6) is 0 Å². The first-order valence-corrected chi connectivity index (χ1v) is 4.40. The van der Waals surface area contributed by atoms with E-state index in [9.17, 15) is 5.11 Å². The summed E-state index contributed by atoms with van der Waals surface area (Å²) in [5, 5.41) is 9.66. The van der Waals surface area contributed by atoms with Crippen molar-refractivity contribution < 1.29 is 5.11 Å². The molecule has 0 unspecified atom stereocenters. The Kier molecular flexibility index (Phi) is 2.57. The molecule has 0 bridgehead atoms. The zero-order valence-electron chi connectivity index (χ0n) is 7.14. The molecular weight excluding hydrogens is 136 g/mol. The van der Waals surface area contributed by atoms with Gasteiger partial charge in [0, 0.05) is 0 Å². The molecule has 1 aliphatic rings. The lowest BCUT2D eigenvalue weighted by molar-refractivity contribution is 0.0438. The quantitative estimate of drug-likeness (QED) is 0.569. The van der Waals surface area contributed by atoms with Crippen LogP contribution < -0.4 is 0 Å². The van der Waals surface area contributed by atoms with Crippen LogP contribution in [0.4, 0.5) is 0 Å². The highest BCUT2D eigenvalue weighted by molar-refractivity contribution is 5.08. The van der Waals surface area contributed by atoms with Crippen molar-refractivity contribution in [3.63, 3.8) is 0 Å². The second-order valence-electron chi connectivity index (χ2n) is 3.53. The van der Waals surface area contributed by atoms with Gasteiger partial charge >= 0.3 is 0 Å². The molecule has 1 fully saturated rings. The molecule has 0 spiro atoms. The average molecular weight is 152 g/mol. The summed E-state index contributed by atoms with van der Waals surface area (Å²) in [6, 6.07) is 0. The summed E-state index contributed by atoms with van der Waals surface area (Å²) in [6.45, 7) is 2.20. The van der Waals surface area contributed by atoms with Gasteiger partial charge in [-0.25, -0.2) is 0 Å². The molecule has 1 N–H and O–H groups in total. The van der Waals surface area contributed by atoms with E-state index >= 15 is 0 Å². The van der Waals surface area contributed by atoms with Crippen LogP contribution in [0.2, 0.25) is 0 Å². The van der Waals surface area contributed by atoms with Crippen LogP contribution in [-0.4, -0.2) is 10.7 Å². The molecule has 0 aromatic rings. The Morgan fingerprint density at radius 1 is 1.55 bits per heavy atom. The lowest BCUT2D eigenvalue weighted by atomic mass is 9.78. The highest BCUT2D eigenvalue weighted by atomic mass is 16.3. The fourth-order valence-corrected chi connectivity index (χ4v) is 1.71. The summed E-state index contributed by atoms with van der Waals surface area (Å²) in [5.41, 5.74) is -0.772. The topological polar surface area (TPSA) is 20.2 Å². The summed E-state index contributed by atoms with van der Waals surface area (Å²) in [7, 11) is 0. The zero-order chi connectivity index (χ0) is 8.32. The van der Waals surface area contributed by atoms with E-state index in [0.717, 1.165) is 31.6 Å². The van der Waals surface area contributed by atoms with E-state index in [4.69, 9.17) is 6.42 Å². The molecule has 1 heteroatoms. The Hall–Kier alpha value is -0.480. The number of hydrogen-bond donors (Lipinski definition) is 1. The molecule has 1 rings (SSSR count). The molecular formula is C10H16O. The van der Waals surface area contributed by atoms with Crippen LogP contribution in [0.15, 0.2) is 0 Å². The lowest BCUT2D eigenvalue weighted by Gasteiger charge is -2.31. The summed E-state index contributed by atoms with van der Waals surface area (Å²) in [4.78, 5) is 0. The second kappa shape index (κ2) is 3.28. The van der Waals surface area contributed by atoms with Crippen molar-refractivity contribution in [2.45, 2.75) is 44.6 Å². The van der Waals surface area contributed by atoms with E-state index in [1.165, 1.54) is 6.42 Å². The number of hydrogen-bond acceptors (Lipinski definition) is 1. The van der Waals surface area contributed by atoms with Crippen LogP contribution in [0.3, 0.4) is 0 Å². The summed E-state index contributed by atoms with van der Waals surface area (Å²) in [5.74, 6) is 3.28. The van der Waals surface area contributed by atoms with Crippen molar-refractivity contribution >= 4 is 0 Å². The van der Waals surface area contributed by atoms with Gasteiger partial charge in [0.1, 0.15) is 5.60 Å². The molecule has 0 heterocycles. The molecule has 1 aliphatic carbocycles. The van der Waals surface area contributed by atoms with Crippen molar-refractivity contribution in [2.75, 3.05) is 0 Å². The highest BCUT2D eigenvalue weighted by Crippen LogP contribution is 2.32. The van der Waals surface area contributed by atoms with E-state index in [2.05, 4.69) is 12.8 Å². The van der Waals surface area contributed by atoms with Crippen LogP contribution in [0, 0.1) is 18.3 Å². The number of rotatable bonds is 1. The lowest BCUT2D eigenvalue weighted by Crippen LogP contribution is -2.31. The Balaban J connectivity index is 2.43. The molecule has 0 aliphatic heterocycles. The largest absolute Gasteiger partial charge is 0.378 e.